The normalized spacial score (nSPS) is 10.1. The molecule has 0 heterocycles. The van der Waals surface area contributed by atoms with Gasteiger partial charge in [0, 0.05) is 10.0 Å². The van der Waals surface area contributed by atoms with E-state index < -0.39 is 0 Å². The summed E-state index contributed by atoms with van der Waals surface area (Å²) >= 11 is 3.36. The van der Waals surface area contributed by atoms with Crippen molar-refractivity contribution in [2.45, 2.75) is 0 Å². The number of hydrogen-bond acceptors (Lipinski definition) is 3. The van der Waals surface area contributed by atoms with E-state index in [-0.39, 0.29) is 5.78 Å². The summed E-state index contributed by atoms with van der Waals surface area (Å²) < 4.78 is 11.4. The van der Waals surface area contributed by atoms with Crippen molar-refractivity contribution >= 4 is 21.7 Å². The van der Waals surface area contributed by atoms with Crippen LogP contribution in [0.2, 0.25) is 0 Å². The zero-order chi connectivity index (χ0) is 13.8. The van der Waals surface area contributed by atoms with E-state index in [0.29, 0.717) is 22.6 Å². The third-order valence-corrected chi connectivity index (χ3v) is 3.19. The largest absolute Gasteiger partial charge is 0.496 e. The van der Waals surface area contributed by atoms with Crippen LogP contribution in [-0.4, -0.2) is 20.0 Å². The van der Waals surface area contributed by atoms with Gasteiger partial charge in [-0.15, -0.1) is 0 Å². The van der Waals surface area contributed by atoms with Gasteiger partial charge in [0.1, 0.15) is 17.1 Å². The molecule has 0 saturated carbocycles. The Kier molecular flexibility index (Phi) is 4.22. The van der Waals surface area contributed by atoms with Crippen LogP contribution in [0, 0.1) is 0 Å². The minimum Gasteiger partial charge on any atom is -0.496 e. The molecule has 0 aliphatic carbocycles. The Hall–Kier alpha value is -1.81. The lowest BCUT2D eigenvalue weighted by Gasteiger charge is -2.13. The molecule has 0 radical (unpaired) electrons. The van der Waals surface area contributed by atoms with Gasteiger partial charge >= 0.3 is 0 Å². The first-order chi connectivity index (χ1) is 9.17. The smallest absolute Gasteiger partial charge is 0.200 e. The van der Waals surface area contributed by atoms with E-state index in [1.54, 1.807) is 24.3 Å². The summed E-state index contributed by atoms with van der Waals surface area (Å²) in [4.78, 5) is 12.5. The predicted molar refractivity (Wildman–Crippen MR) is 77.1 cm³/mol. The second-order valence-electron chi connectivity index (χ2n) is 3.88. The highest BCUT2D eigenvalue weighted by molar-refractivity contribution is 9.10. The average molecular weight is 321 g/mol. The summed E-state index contributed by atoms with van der Waals surface area (Å²) in [6, 6.07) is 12.5. The number of carbonyl (C=O) groups excluding carboxylic acids is 1. The molecule has 98 valence electrons. The summed E-state index contributed by atoms with van der Waals surface area (Å²) in [5, 5.41) is 0. The maximum atomic E-state index is 12.5. The first kappa shape index (κ1) is 13.6. The molecule has 0 saturated heterocycles. The number of ether oxygens (including phenoxy) is 2. The third kappa shape index (κ3) is 2.79. The summed E-state index contributed by atoms with van der Waals surface area (Å²) in [7, 11) is 3.06. The van der Waals surface area contributed by atoms with Crippen molar-refractivity contribution < 1.29 is 14.3 Å². The lowest BCUT2D eigenvalue weighted by atomic mass is 10.0. The fourth-order valence-electron chi connectivity index (χ4n) is 1.84. The van der Waals surface area contributed by atoms with Gasteiger partial charge in [-0.1, -0.05) is 46.3 Å². The monoisotopic (exact) mass is 320 g/mol. The molecule has 0 unspecified atom stereocenters. The molecule has 4 heteroatoms. The minimum absolute atomic E-state index is 0.123. The van der Waals surface area contributed by atoms with Gasteiger partial charge in [0.2, 0.25) is 5.78 Å². The highest BCUT2D eigenvalue weighted by Gasteiger charge is 2.20. The zero-order valence-corrected chi connectivity index (χ0v) is 12.2. The van der Waals surface area contributed by atoms with Crippen LogP contribution < -0.4 is 9.47 Å². The molecule has 0 amide bonds. The maximum Gasteiger partial charge on any atom is 0.200 e. The van der Waals surface area contributed by atoms with Gasteiger partial charge in [-0.2, -0.15) is 0 Å². The molecule has 2 aromatic rings. The number of rotatable bonds is 4. The van der Waals surface area contributed by atoms with Crippen LogP contribution >= 0.6 is 15.9 Å². The second-order valence-corrected chi connectivity index (χ2v) is 4.80. The standard InChI is InChI=1S/C15H13BrO3/c1-18-12-8-11(16)9-13(19-2)14(12)15(17)10-6-4-3-5-7-10/h3-9H,1-2H3. The minimum atomic E-state index is -0.123. The van der Waals surface area contributed by atoms with E-state index in [2.05, 4.69) is 15.9 Å². The van der Waals surface area contributed by atoms with Crippen molar-refractivity contribution in [3.8, 4) is 11.5 Å². The molecule has 0 fully saturated rings. The van der Waals surface area contributed by atoms with E-state index in [1.165, 1.54) is 14.2 Å². The van der Waals surface area contributed by atoms with Crippen molar-refractivity contribution in [2.75, 3.05) is 14.2 Å². The Morgan fingerprint density at radius 1 is 1.00 bits per heavy atom. The lowest BCUT2D eigenvalue weighted by Crippen LogP contribution is -2.06. The Bertz CT molecular complexity index is 569. The Labute approximate surface area is 120 Å². The molecule has 0 N–H and O–H groups in total. The molecule has 0 aromatic heterocycles. The van der Waals surface area contributed by atoms with Gasteiger partial charge in [-0.3, -0.25) is 4.79 Å². The third-order valence-electron chi connectivity index (χ3n) is 2.73. The van der Waals surface area contributed by atoms with Crippen LogP contribution in [0.3, 0.4) is 0 Å². The lowest BCUT2D eigenvalue weighted by molar-refractivity contribution is 0.103. The molecule has 0 aliphatic rings. The number of hydrogen-bond donors (Lipinski definition) is 0. The van der Waals surface area contributed by atoms with Crippen molar-refractivity contribution in [1.82, 2.24) is 0 Å². The highest BCUT2D eigenvalue weighted by atomic mass is 79.9. The molecule has 0 atom stereocenters. The Morgan fingerprint density at radius 2 is 1.53 bits per heavy atom. The molecule has 19 heavy (non-hydrogen) atoms. The number of halogens is 1. The van der Waals surface area contributed by atoms with Crippen LogP contribution in [0.25, 0.3) is 0 Å². The molecule has 2 aromatic carbocycles. The average Bonchev–Trinajstić information content (AvgIpc) is 2.46. The molecule has 0 bridgehead atoms. The van der Waals surface area contributed by atoms with Crippen LogP contribution in [0.15, 0.2) is 46.9 Å². The molecule has 0 aliphatic heterocycles. The summed E-state index contributed by atoms with van der Waals surface area (Å²) in [6.07, 6.45) is 0. The van der Waals surface area contributed by atoms with Gasteiger partial charge in [-0.05, 0) is 12.1 Å². The molecule has 3 nitrogen and oxygen atoms in total. The highest BCUT2D eigenvalue weighted by Crippen LogP contribution is 2.34. The van der Waals surface area contributed by atoms with Crippen molar-refractivity contribution in [3.63, 3.8) is 0 Å². The predicted octanol–water partition coefficient (Wildman–Crippen LogP) is 3.70. The van der Waals surface area contributed by atoms with Crippen molar-refractivity contribution in [1.29, 1.82) is 0 Å². The second kappa shape index (κ2) is 5.89. The van der Waals surface area contributed by atoms with Crippen LogP contribution in [-0.2, 0) is 0 Å². The molecular weight excluding hydrogens is 308 g/mol. The molecule has 2 rings (SSSR count). The van der Waals surface area contributed by atoms with E-state index in [1.807, 2.05) is 18.2 Å². The van der Waals surface area contributed by atoms with Gasteiger partial charge in [0.25, 0.3) is 0 Å². The van der Waals surface area contributed by atoms with Gasteiger partial charge in [-0.25, -0.2) is 0 Å². The Morgan fingerprint density at radius 3 is 2.00 bits per heavy atom. The van der Waals surface area contributed by atoms with E-state index in [0.717, 1.165) is 4.47 Å². The summed E-state index contributed by atoms with van der Waals surface area (Å²) in [6.45, 7) is 0. The van der Waals surface area contributed by atoms with E-state index >= 15 is 0 Å². The van der Waals surface area contributed by atoms with Crippen LogP contribution in [0.4, 0.5) is 0 Å². The molecular formula is C15H13BrO3. The SMILES string of the molecule is COc1cc(Br)cc(OC)c1C(=O)c1ccccc1. The van der Waals surface area contributed by atoms with E-state index in [4.69, 9.17) is 9.47 Å². The topological polar surface area (TPSA) is 35.5 Å². The Balaban J connectivity index is 2.58. The van der Waals surface area contributed by atoms with Gasteiger partial charge in [0.15, 0.2) is 0 Å². The maximum absolute atomic E-state index is 12.5. The zero-order valence-electron chi connectivity index (χ0n) is 10.6. The molecule has 0 spiro atoms. The van der Waals surface area contributed by atoms with Crippen molar-refractivity contribution in [2.24, 2.45) is 0 Å². The number of methoxy groups -OCH3 is 2. The first-order valence-electron chi connectivity index (χ1n) is 5.68. The summed E-state index contributed by atoms with van der Waals surface area (Å²) in [5.41, 5.74) is 1.03. The summed E-state index contributed by atoms with van der Waals surface area (Å²) in [5.74, 6) is 0.849. The van der Waals surface area contributed by atoms with Gasteiger partial charge < -0.3 is 9.47 Å². The number of ketones is 1. The quantitative estimate of drug-likeness (QED) is 0.806. The number of carbonyl (C=O) groups is 1. The fraction of sp³-hybridized carbons (Fsp3) is 0.133. The van der Waals surface area contributed by atoms with Crippen LogP contribution in [0.5, 0.6) is 11.5 Å². The van der Waals surface area contributed by atoms with E-state index in [9.17, 15) is 4.79 Å². The number of benzene rings is 2. The first-order valence-corrected chi connectivity index (χ1v) is 6.48. The fourth-order valence-corrected chi connectivity index (χ4v) is 2.25. The van der Waals surface area contributed by atoms with Crippen molar-refractivity contribution in [3.05, 3.63) is 58.1 Å². The van der Waals surface area contributed by atoms with Crippen LogP contribution in [0.1, 0.15) is 15.9 Å². The van der Waals surface area contributed by atoms with Gasteiger partial charge in [0.05, 0.1) is 14.2 Å².